The summed E-state index contributed by atoms with van der Waals surface area (Å²) >= 11 is 0. The second kappa shape index (κ2) is 8.21. The molecule has 0 bridgehead atoms. The molecule has 0 amide bonds. The first-order valence-electron chi connectivity index (χ1n) is 6.10. The van der Waals surface area contributed by atoms with Gasteiger partial charge in [-0.2, -0.15) is 0 Å². The Balaban J connectivity index is 4.25. The third kappa shape index (κ3) is 7.89. The highest BCUT2D eigenvalue weighted by Crippen LogP contribution is 2.07. The van der Waals surface area contributed by atoms with E-state index in [1.165, 1.54) is 6.26 Å². The first-order valence-corrected chi connectivity index (χ1v) is 9.54. The van der Waals surface area contributed by atoms with Gasteiger partial charge >= 0.3 is 0 Å². The summed E-state index contributed by atoms with van der Waals surface area (Å²) in [5.74, 6) is 0.248. The minimum absolute atomic E-state index is 0.00620. The zero-order valence-corrected chi connectivity index (χ0v) is 12.9. The molecule has 0 rings (SSSR count). The molecule has 0 saturated heterocycles. The van der Waals surface area contributed by atoms with Gasteiger partial charge in [-0.05, 0) is 26.3 Å². The van der Waals surface area contributed by atoms with Crippen molar-refractivity contribution in [1.29, 1.82) is 0 Å². The molecule has 0 saturated carbocycles. The standard InChI is InChI=1S/C11H25NO3S2/c1-5-7-12-11(6-2)10(3)16(13)8-9-17(4,14)15/h10-12H,5-9H2,1-4H3. The van der Waals surface area contributed by atoms with Gasteiger partial charge in [0, 0.05) is 34.1 Å². The van der Waals surface area contributed by atoms with Crippen LogP contribution < -0.4 is 5.32 Å². The van der Waals surface area contributed by atoms with Crippen molar-refractivity contribution in [3.05, 3.63) is 0 Å². The van der Waals surface area contributed by atoms with E-state index in [9.17, 15) is 12.6 Å². The molecule has 0 aromatic heterocycles. The molecular formula is C11H25NO3S2. The summed E-state index contributed by atoms with van der Waals surface area (Å²) in [5.41, 5.74) is 0. The summed E-state index contributed by atoms with van der Waals surface area (Å²) in [5, 5.41) is 3.35. The van der Waals surface area contributed by atoms with Crippen LogP contribution in [-0.4, -0.2) is 48.2 Å². The summed E-state index contributed by atoms with van der Waals surface area (Å²) in [6.45, 7) is 6.98. The summed E-state index contributed by atoms with van der Waals surface area (Å²) < 4.78 is 34.0. The minimum Gasteiger partial charge on any atom is -0.313 e. The average molecular weight is 283 g/mol. The monoisotopic (exact) mass is 283 g/mol. The Kier molecular flexibility index (Phi) is 8.24. The molecule has 0 radical (unpaired) electrons. The highest BCUT2D eigenvalue weighted by molar-refractivity contribution is 7.92. The number of rotatable bonds is 9. The Hall–Kier alpha value is 0.0600. The lowest BCUT2D eigenvalue weighted by Gasteiger charge is -2.23. The van der Waals surface area contributed by atoms with E-state index in [2.05, 4.69) is 19.2 Å². The van der Waals surface area contributed by atoms with Gasteiger partial charge in [0.1, 0.15) is 9.84 Å². The molecule has 0 aliphatic rings. The molecule has 3 atom stereocenters. The molecular weight excluding hydrogens is 258 g/mol. The fourth-order valence-electron chi connectivity index (χ4n) is 1.57. The molecule has 0 aromatic carbocycles. The third-order valence-electron chi connectivity index (χ3n) is 2.73. The van der Waals surface area contributed by atoms with Crippen LogP contribution in [0.2, 0.25) is 0 Å². The molecule has 3 unspecified atom stereocenters. The Labute approximate surface area is 108 Å². The second-order valence-electron chi connectivity index (χ2n) is 4.39. The Bertz CT molecular complexity index is 328. The molecule has 0 spiro atoms. The molecule has 0 fully saturated rings. The maximum absolute atomic E-state index is 12.0. The lowest BCUT2D eigenvalue weighted by atomic mass is 10.1. The van der Waals surface area contributed by atoms with E-state index in [1.807, 2.05) is 6.92 Å². The predicted molar refractivity (Wildman–Crippen MR) is 74.6 cm³/mol. The lowest BCUT2D eigenvalue weighted by molar-refractivity contribution is 0.486. The molecule has 0 heterocycles. The molecule has 6 heteroatoms. The van der Waals surface area contributed by atoms with Crippen molar-refractivity contribution in [2.45, 2.75) is 44.9 Å². The first kappa shape index (κ1) is 17.1. The van der Waals surface area contributed by atoms with Crippen LogP contribution in [0.3, 0.4) is 0 Å². The molecule has 0 aliphatic carbocycles. The van der Waals surface area contributed by atoms with Crippen molar-refractivity contribution in [3.63, 3.8) is 0 Å². The fourth-order valence-corrected chi connectivity index (χ4v) is 4.47. The van der Waals surface area contributed by atoms with Gasteiger partial charge in [0.2, 0.25) is 0 Å². The Morgan fingerprint density at radius 3 is 2.29 bits per heavy atom. The Morgan fingerprint density at radius 1 is 1.29 bits per heavy atom. The third-order valence-corrected chi connectivity index (χ3v) is 5.70. The summed E-state index contributed by atoms with van der Waals surface area (Å²) in [6, 6.07) is 0.204. The molecule has 1 N–H and O–H groups in total. The minimum atomic E-state index is -3.02. The maximum atomic E-state index is 12.0. The second-order valence-corrected chi connectivity index (χ2v) is 8.56. The van der Waals surface area contributed by atoms with Crippen LogP contribution in [0.25, 0.3) is 0 Å². The van der Waals surface area contributed by atoms with Crippen LogP contribution >= 0.6 is 0 Å². The van der Waals surface area contributed by atoms with E-state index in [-0.39, 0.29) is 22.8 Å². The molecule has 0 aromatic rings. The van der Waals surface area contributed by atoms with Gasteiger partial charge in [-0.1, -0.05) is 13.8 Å². The number of hydrogen-bond acceptors (Lipinski definition) is 4. The van der Waals surface area contributed by atoms with Crippen molar-refractivity contribution < 1.29 is 12.6 Å². The number of nitrogens with one attached hydrogen (secondary N) is 1. The van der Waals surface area contributed by atoms with Gasteiger partial charge in [0.25, 0.3) is 0 Å². The lowest BCUT2D eigenvalue weighted by Crippen LogP contribution is -2.41. The molecule has 17 heavy (non-hydrogen) atoms. The van der Waals surface area contributed by atoms with Gasteiger partial charge in [-0.3, -0.25) is 4.21 Å². The van der Waals surface area contributed by atoms with Crippen molar-refractivity contribution in [2.24, 2.45) is 0 Å². The van der Waals surface area contributed by atoms with Gasteiger partial charge in [0.05, 0.1) is 5.75 Å². The summed E-state index contributed by atoms with van der Waals surface area (Å²) in [6.07, 6.45) is 3.13. The zero-order chi connectivity index (χ0) is 13.5. The largest absolute Gasteiger partial charge is 0.313 e. The van der Waals surface area contributed by atoms with Crippen LogP contribution in [0.5, 0.6) is 0 Å². The predicted octanol–water partition coefficient (Wildman–Crippen LogP) is 0.946. The van der Waals surface area contributed by atoms with Crippen LogP contribution in [-0.2, 0) is 20.6 Å². The van der Waals surface area contributed by atoms with Crippen LogP contribution in [0, 0.1) is 0 Å². The van der Waals surface area contributed by atoms with E-state index < -0.39 is 20.6 Å². The number of hydrogen-bond donors (Lipinski definition) is 1. The van der Waals surface area contributed by atoms with Gasteiger partial charge < -0.3 is 5.32 Å². The van der Waals surface area contributed by atoms with Crippen LogP contribution in [0.1, 0.15) is 33.6 Å². The number of sulfone groups is 1. The average Bonchev–Trinajstić information content (AvgIpc) is 2.25. The van der Waals surface area contributed by atoms with Crippen molar-refractivity contribution >= 4 is 20.6 Å². The van der Waals surface area contributed by atoms with Crippen molar-refractivity contribution in [1.82, 2.24) is 5.32 Å². The van der Waals surface area contributed by atoms with Gasteiger partial charge in [-0.15, -0.1) is 0 Å². The highest BCUT2D eigenvalue weighted by atomic mass is 32.2. The van der Waals surface area contributed by atoms with E-state index in [4.69, 9.17) is 0 Å². The van der Waals surface area contributed by atoms with E-state index in [0.29, 0.717) is 0 Å². The van der Waals surface area contributed by atoms with E-state index in [1.54, 1.807) is 0 Å². The van der Waals surface area contributed by atoms with E-state index >= 15 is 0 Å². The quantitative estimate of drug-likeness (QED) is 0.684. The molecule has 0 aliphatic heterocycles. The fraction of sp³-hybridized carbons (Fsp3) is 1.00. The van der Waals surface area contributed by atoms with Crippen LogP contribution in [0.15, 0.2) is 0 Å². The topological polar surface area (TPSA) is 63.2 Å². The van der Waals surface area contributed by atoms with Crippen molar-refractivity contribution in [2.75, 3.05) is 24.3 Å². The highest BCUT2D eigenvalue weighted by Gasteiger charge is 2.21. The summed E-state index contributed by atoms with van der Waals surface area (Å²) in [7, 11) is -4.10. The van der Waals surface area contributed by atoms with Gasteiger partial charge in [0.15, 0.2) is 0 Å². The maximum Gasteiger partial charge on any atom is 0.148 e. The SMILES string of the molecule is CCCNC(CC)C(C)S(=O)CCS(C)(=O)=O. The Morgan fingerprint density at radius 2 is 1.88 bits per heavy atom. The van der Waals surface area contributed by atoms with Gasteiger partial charge in [-0.25, -0.2) is 8.42 Å². The first-order chi connectivity index (χ1) is 7.81. The van der Waals surface area contributed by atoms with E-state index in [0.717, 1.165) is 19.4 Å². The van der Waals surface area contributed by atoms with Crippen LogP contribution in [0.4, 0.5) is 0 Å². The zero-order valence-electron chi connectivity index (χ0n) is 11.2. The smallest absolute Gasteiger partial charge is 0.148 e. The van der Waals surface area contributed by atoms with Crippen molar-refractivity contribution in [3.8, 4) is 0 Å². The normalized spacial score (nSPS) is 17.6. The summed E-state index contributed by atoms with van der Waals surface area (Å²) in [4.78, 5) is 0. The molecule has 104 valence electrons. The molecule has 4 nitrogen and oxygen atoms in total.